The van der Waals surface area contributed by atoms with E-state index in [2.05, 4.69) is 9.72 Å². The molecule has 1 heterocycles. The lowest BCUT2D eigenvalue weighted by atomic mass is 10.2. The van der Waals surface area contributed by atoms with Crippen LogP contribution in [-0.4, -0.2) is 11.3 Å². The Kier molecular flexibility index (Phi) is 4.20. The van der Waals surface area contributed by atoms with E-state index < -0.39 is 6.36 Å². The Labute approximate surface area is 115 Å². The summed E-state index contributed by atoms with van der Waals surface area (Å²) in [5.74, 6) is 0.414. The Bertz CT molecular complexity index is 540. The number of thioether (sulfide) groups is 1. The molecule has 0 saturated heterocycles. The zero-order valence-corrected chi connectivity index (χ0v) is 11.1. The van der Waals surface area contributed by atoms with Crippen LogP contribution in [0.3, 0.4) is 0 Å². The first kappa shape index (κ1) is 14.0. The van der Waals surface area contributed by atoms with Crippen LogP contribution in [0.1, 0.15) is 5.56 Å². The second kappa shape index (κ2) is 5.70. The molecule has 1 aromatic carbocycles. The summed E-state index contributed by atoms with van der Waals surface area (Å²) in [5.41, 5.74) is 6.39. The third-order valence-electron chi connectivity index (χ3n) is 2.04. The number of aromatic nitrogens is 1. The van der Waals surface area contributed by atoms with Gasteiger partial charge in [-0.3, -0.25) is 0 Å². The fourth-order valence-corrected chi connectivity index (χ4v) is 2.99. The summed E-state index contributed by atoms with van der Waals surface area (Å²) in [6.07, 6.45) is -2.98. The number of nitrogens with zero attached hydrogens (tertiary/aromatic N) is 1. The average molecular weight is 306 g/mol. The number of benzene rings is 1. The molecule has 8 heteroatoms. The topological polar surface area (TPSA) is 48.1 Å². The van der Waals surface area contributed by atoms with E-state index in [1.807, 2.05) is 0 Å². The molecule has 0 bridgehead atoms. The predicted molar refractivity (Wildman–Crippen MR) is 69.2 cm³/mol. The first-order chi connectivity index (χ1) is 8.92. The molecular formula is C11H9F3N2OS2. The van der Waals surface area contributed by atoms with Gasteiger partial charge in [-0.2, -0.15) is 0 Å². The molecule has 2 rings (SSSR count). The van der Waals surface area contributed by atoms with Crippen molar-refractivity contribution in [2.45, 2.75) is 16.3 Å². The first-order valence-electron chi connectivity index (χ1n) is 5.11. The molecule has 0 aliphatic rings. The number of rotatable bonds is 4. The molecule has 0 atom stereocenters. The standard InChI is InChI=1S/C11H9F3N2OS2/c12-11(13,14)17-8-3-1-7(2-4-8)6-18-9-5-16-10(15)19-9/h1-5H,6H2,(H2,15,16). The van der Waals surface area contributed by atoms with Crippen molar-refractivity contribution < 1.29 is 17.9 Å². The van der Waals surface area contributed by atoms with Crippen molar-refractivity contribution in [1.82, 2.24) is 4.98 Å². The Morgan fingerprint density at radius 1 is 1.26 bits per heavy atom. The minimum absolute atomic E-state index is 0.219. The summed E-state index contributed by atoms with van der Waals surface area (Å²) in [6.45, 7) is 0. The third kappa shape index (κ3) is 4.64. The van der Waals surface area contributed by atoms with Gasteiger partial charge in [0.25, 0.3) is 0 Å². The van der Waals surface area contributed by atoms with Crippen molar-refractivity contribution in [3.8, 4) is 5.75 Å². The number of ether oxygens (including phenoxy) is 1. The van der Waals surface area contributed by atoms with Gasteiger partial charge in [0.1, 0.15) is 5.75 Å². The molecule has 0 aliphatic heterocycles. The number of anilines is 1. The Morgan fingerprint density at radius 2 is 1.95 bits per heavy atom. The van der Waals surface area contributed by atoms with E-state index in [-0.39, 0.29) is 5.75 Å². The van der Waals surface area contributed by atoms with Crippen molar-refractivity contribution in [3.05, 3.63) is 36.0 Å². The van der Waals surface area contributed by atoms with E-state index in [0.717, 1.165) is 9.77 Å². The van der Waals surface area contributed by atoms with Crippen LogP contribution >= 0.6 is 23.1 Å². The molecule has 0 unspecified atom stereocenters. The monoisotopic (exact) mass is 306 g/mol. The minimum atomic E-state index is -4.66. The highest BCUT2D eigenvalue weighted by Crippen LogP contribution is 2.30. The maximum Gasteiger partial charge on any atom is 0.573 e. The van der Waals surface area contributed by atoms with Gasteiger partial charge in [0, 0.05) is 5.75 Å². The van der Waals surface area contributed by atoms with Crippen molar-refractivity contribution in [2.75, 3.05) is 5.73 Å². The number of nitrogen functional groups attached to an aromatic ring is 1. The molecule has 0 aliphatic carbocycles. The van der Waals surface area contributed by atoms with Crippen LogP contribution in [0.5, 0.6) is 5.75 Å². The molecule has 0 spiro atoms. The van der Waals surface area contributed by atoms with Gasteiger partial charge < -0.3 is 10.5 Å². The van der Waals surface area contributed by atoms with Gasteiger partial charge >= 0.3 is 6.36 Å². The van der Waals surface area contributed by atoms with E-state index in [1.165, 1.54) is 35.2 Å². The predicted octanol–water partition coefficient (Wildman–Crippen LogP) is 3.92. The van der Waals surface area contributed by atoms with Crippen molar-refractivity contribution in [1.29, 1.82) is 0 Å². The van der Waals surface area contributed by atoms with E-state index >= 15 is 0 Å². The number of hydrogen-bond donors (Lipinski definition) is 1. The molecule has 3 nitrogen and oxygen atoms in total. The van der Waals surface area contributed by atoms with Crippen LogP contribution in [0.25, 0.3) is 0 Å². The number of nitrogens with two attached hydrogens (primary N) is 1. The van der Waals surface area contributed by atoms with Crippen molar-refractivity contribution >= 4 is 28.2 Å². The molecule has 102 valence electrons. The molecular weight excluding hydrogens is 297 g/mol. The largest absolute Gasteiger partial charge is 0.573 e. The molecule has 0 saturated carbocycles. The summed E-state index contributed by atoms with van der Waals surface area (Å²) in [4.78, 5) is 3.91. The molecule has 0 amide bonds. The Morgan fingerprint density at radius 3 is 2.47 bits per heavy atom. The van der Waals surface area contributed by atoms with Crippen molar-refractivity contribution in [3.63, 3.8) is 0 Å². The SMILES string of the molecule is Nc1ncc(SCc2ccc(OC(F)(F)F)cc2)s1. The highest BCUT2D eigenvalue weighted by molar-refractivity contribution is 8.00. The summed E-state index contributed by atoms with van der Waals surface area (Å²) in [7, 11) is 0. The Hall–Kier alpha value is -1.41. The fraction of sp³-hybridized carbons (Fsp3) is 0.182. The van der Waals surface area contributed by atoms with Crippen molar-refractivity contribution in [2.24, 2.45) is 0 Å². The minimum Gasteiger partial charge on any atom is -0.406 e. The molecule has 19 heavy (non-hydrogen) atoms. The number of alkyl halides is 3. The molecule has 1 aromatic heterocycles. The first-order valence-corrected chi connectivity index (χ1v) is 6.91. The van der Waals surface area contributed by atoms with Crippen LogP contribution in [-0.2, 0) is 5.75 Å². The van der Waals surface area contributed by atoms with Crippen LogP contribution in [0.2, 0.25) is 0 Å². The Balaban J connectivity index is 1.91. The van der Waals surface area contributed by atoms with Gasteiger partial charge in [0.15, 0.2) is 5.13 Å². The maximum absolute atomic E-state index is 12.0. The van der Waals surface area contributed by atoms with Gasteiger partial charge in [-0.1, -0.05) is 23.5 Å². The number of halogens is 3. The van der Waals surface area contributed by atoms with Crippen LogP contribution < -0.4 is 10.5 Å². The van der Waals surface area contributed by atoms with Gasteiger partial charge in [-0.15, -0.1) is 24.9 Å². The summed E-state index contributed by atoms with van der Waals surface area (Å²) >= 11 is 2.90. The van der Waals surface area contributed by atoms with E-state index in [4.69, 9.17) is 5.73 Å². The highest BCUT2D eigenvalue weighted by Gasteiger charge is 2.30. The smallest absolute Gasteiger partial charge is 0.406 e. The van der Waals surface area contributed by atoms with Gasteiger partial charge in [-0.05, 0) is 17.7 Å². The van der Waals surface area contributed by atoms with Gasteiger partial charge in [0.2, 0.25) is 0 Å². The second-order valence-corrected chi connectivity index (χ2v) is 5.84. The zero-order chi connectivity index (χ0) is 13.9. The molecule has 2 N–H and O–H groups in total. The molecule has 2 aromatic rings. The zero-order valence-electron chi connectivity index (χ0n) is 9.48. The molecule has 0 radical (unpaired) electrons. The summed E-state index contributed by atoms with van der Waals surface area (Å²) in [5, 5.41) is 0.497. The second-order valence-electron chi connectivity index (χ2n) is 3.50. The van der Waals surface area contributed by atoms with Crippen LogP contribution in [0.15, 0.2) is 34.7 Å². The molecule has 0 fully saturated rings. The quantitative estimate of drug-likeness (QED) is 0.870. The normalized spacial score (nSPS) is 11.5. The van der Waals surface area contributed by atoms with Gasteiger partial charge in [0.05, 0.1) is 10.4 Å². The van der Waals surface area contributed by atoms with Crippen LogP contribution in [0, 0.1) is 0 Å². The average Bonchev–Trinajstić information content (AvgIpc) is 2.72. The highest BCUT2D eigenvalue weighted by atomic mass is 32.2. The lowest BCUT2D eigenvalue weighted by Crippen LogP contribution is -2.16. The van der Waals surface area contributed by atoms with E-state index in [0.29, 0.717) is 10.9 Å². The summed E-state index contributed by atoms with van der Waals surface area (Å²) in [6, 6.07) is 5.78. The number of thiazole rings is 1. The van der Waals surface area contributed by atoms with Crippen LogP contribution in [0.4, 0.5) is 18.3 Å². The van der Waals surface area contributed by atoms with E-state index in [1.54, 1.807) is 18.3 Å². The lowest BCUT2D eigenvalue weighted by molar-refractivity contribution is -0.274. The van der Waals surface area contributed by atoms with Gasteiger partial charge in [-0.25, -0.2) is 4.98 Å². The van der Waals surface area contributed by atoms with E-state index in [9.17, 15) is 13.2 Å². The summed E-state index contributed by atoms with van der Waals surface area (Å²) < 4.78 is 40.7. The fourth-order valence-electron chi connectivity index (χ4n) is 1.28. The third-order valence-corrected chi connectivity index (χ3v) is 4.13. The lowest BCUT2D eigenvalue weighted by Gasteiger charge is -2.08. The maximum atomic E-state index is 12.0. The number of hydrogen-bond acceptors (Lipinski definition) is 5.